The van der Waals surface area contributed by atoms with E-state index in [4.69, 9.17) is 13.9 Å². The zero-order valence-corrected chi connectivity index (χ0v) is 17.2. The second kappa shape index (κ2) is 8.61. The number of fused-ring (bicyclic) bond motifs is 1. The highest BCUT2D eigenvalue weighted by molar-refractivity contribution is 5.95. The number of anilines is 1. The Bertz CT molecular complexity index is 1130. The standard InChI is InChI=1S/C24H25NO5/c1-28-21-10-8-16(12-23(21)29-2)22-14-19(26)18-13-17(9-11-20(18)30-22)25-24(27)15-6-4-3-5-7-15/h8-15H,3-7H2,1-2H3,(H,25,27). The minimum atomic E-state index is -0.171. The van der Waals surface area contributed by atoms with E-state index >= 15 is 0 Å². The van der Waals surface area contributed by atoms with Crippen molar-refractivity contribution in [1.82, 2.24) is 0 Å². The first-order chi connectivity index (χ1) is 14.6. The summed E-state index contributed by atoms with van der Waals surface area (Å²) in [7, 11) is 3.12. The van der Waals surface area contributed by atoms with Crippen molar-refractivity contribution in [2.75, 3.05) is 19.5 Å². The molecular formula is C24H25NO5. The minimum absolute atomic E-state index is 0.0281. The third kappa shape index (κ3) is 4.03. The van der Waals surface area contributed by atoms with Crippen molar-refractivity contribution in [1.29, 1.82) is 0 Å². The Morgan fingerprint density at radius 1 is 0.967 bits per heavy atom. The molecule has 0 aliphatic heterocycles. The van der Waals surface area contributed by atoms with Crippen molar-refractivity contribution >= 4 is 22.6 Å². The number of hydrogen-bond donors (Lipinski definition) is 1. The van der Waals surface area contributed by atoms with Gasteiger partial charge in [0, 0.05) is 23.2 Å². The molecule has 0 radical (unpaired) electrons. The van der Waals surface area contributed by atoms with Crippen LogP contribution in [0.4, 0.5) is 5.69 Å². The summed E-state index contributed by atoms with van der Waals surface area (Å²) in [5.74, 6) is 1.67. The van der Waals surface area contributed by atoms with Gasteiger partial charge in [0.15, 0.2) is 16.9 Å². The van der Waals surface area contributed by atoms with E-state index in [-0.39, 0.29) is 17.3 Å². The largest absolute Gasteiger partial charge is 0.493 e. The number of benzene rings is 2. The van der Waals surface area contributed by atoms with Crippen LogP contribution in [-0.2, 0) is 4.79 Å². The maximum atomic E-state index is 12.8. The fourth-order valence-electron chi connectivity index (χ4n) is 3.97. The van der Waals surface area contributed by atoms with E-state index in [0.29, 0.717) is 39.5 Å². The highest BCUT2D eigenvalue weighted by Gasteiger charge is 2.21. The van der Waals surface area contributed by atoms with Crippen LogP contribution in [0.15, 0.2) is 51.7 Å². The van der Waals surface area contributed by atoms with Crippen molar-refractivity contribution in [2.24, 2.45) is 5.92 Å². The van der Waals surface area contributed by atoms with Gasteiger partial charge in [0.2, 0.25) is 5.91 Å². The van der Waals surface area contributed by atoms with Gasteiger partial charge in [-0.1, -0.05) is 19.3 Å². The van der Waals surface area contributed by atoms with E-state index in [1.165, 1.54) is 12.5 Å². The molecule has 1 aliphatic rings. The van der Waals surface area contributed by atoms with Gasteiger partial charge >= 0.3 is 0 Å². The molecule has 0 unspecified atom stereocenters. The number of ether oxygens (including phenoxy) is 2. The molecule has 30 heavy (non-hydrogen) atoms. The zero-order chi connectivity index (χ0) is 21.1. The third-order valence-electron chi connectivity index (χ3n) is 5.64. The van der Waals surface area contributed by atoms with Crippen LogP contribution >= 0.6 is 0 Å². The molecule has 6 nitrogen and oxygen atoms in total. The van der Waals surface area contributed by atoms with Crippen molar-refractivity contribution in [2.45, 2.75) is 32.1 Å². The van der Waals surface area contributed by atoms with E-state index < -0.39 is 0 Å². The second-order valence-corrected chi connectivity index (χ2v) is 7.58. The summed E-state index contributed by atoms with van der Waals surface area (Å²) >= 11 is 0. The molecule has 1 amide bonds. The Morgan fingerprint density at radius 3 is 2.47 bits per heavy atom. The lowest BCUT2D eigenvalue weighted by molar-refractivity contribution is -0.120. The number of amides is 1. The van der Waals surface area contributed by atoms with Crippen LogP contribution in [0.1, 0.15) is 32.1 Å². The van der Waals surface area contributed by atoms with E-state index in [2.05, 4.69) is 5.32 Å². The van der Waals surface area contributed by atoms with Crippen LogP contribution in [0.5, 0.6) is 11.5 Å². The number of nitrogens with one attached hydrogen (secondary N) is 1. The van der Waals surface area contributed by atoms with Gasteiger partial charge in [0.05, 0.1) is 19.6 Å². The molecule has 6 heteroatoms. The molecule has 1 aromatic heterocycles. The van der Waals surface area contributed by atoms with Crippen LogP contribution in [-0.4, -0.2) is 20.1 Å². The molecule has 1 saturated carbocycles. The molecule has 1 N–H and O–H groups in total. The van der Waals surface area contributed by atoms with Gasteiger partial charge in [-0.15, -0.1) is 0 Å². The molecule has 2 aromatic carbocycles. The molecule has 0 bridgehead atoms. The van der Waals surface area contributed by atoms with Crippen molar-refractivity contribution in [3.8, 4) is 22.8 Å². The molecule has 0 atom stereocenters. The monoisotopic (exact) mass is 407 g/mol. The number of rotatable bonds is 5. The topological polar surface area (TPSA) is 77.8 Å². The lowest BCUT2D eigenvalue weighted by atomic mass is 9.88. The quantitative estimate of drug-likeness (QED) is 0.644. The number of carbonyl (C=O) groups is 1. The predicted octanol–water partition coefficient (Wildman–Crippen LogP) is 5.00. The summed E-state index contributed by atoms with van der Waals surface area (Å²) in [5.41, 5.74) is 1.61. The number of carbonyl (C=O) groups excluding carboxylic acids is 1. The summed E-state index contributed by atoms with van der Waals surface area (Å²) < 4.78 is 16.6. The van der Waals surface area contributed by atoms with Crippen molar-refractivity contribution < 1.29 is 18.7 Å². The van der Waals surface area contributed by atoms with Gasteiger partial charge in [0.1, 0.15) is 11.3 Å². The Balaban J connectivity index is 1.63. The molecule has 3 aromatic rings. The highest BCUT2D eigenvalue weighted by Crippen LogP contribution is 2.33. The zero-order valence-electron chi connectivity index (χ0n) is 17.2. The fourth-order valence-corrected chi connectivity index (χ4v) is 3.97. The van der Waals surface area contributed by atoms with Gasteiger partial charge in [-0.3, -0.25) is 9.59 Å². The first kappa shape index (κ1) is 20.0. The molecular weight excluding hydrogens is 382 g/mol. The number of hydrogen-bond acceptors (Lipinski definition) is 5. The normalized spacial score (nSPS) is 14.5. The fraction of sp³-hybridized carbons (Fsp3) is 0.333. The van der Waals surface area contributed by atoms with Crippen LogP contribution < -0.4 is 20.2 Å². The lowest BCUT2D eigenvalue weighted by Crippen LogP contribution is -2.24. The summed E-state index contributed by atoms with van der Waals surface area (Å²) in [5, 5.41) is 3.39. The van der Waals surface area contributed by atoms with Gasteiger partial charge < -0.3 is 19.2 Å². The molecule has 4 rings (SSSR count). The Morgan fingerprint density at radius 2 is 1.73 bits per heavy atom. The third-order valence-corrected chi connectivity index (χ3v) is 5.64. The second-order valence-electron chi connectivity index (χ2n) is 7.58. The summed E-state index contributed by atoms with van der Waals surface area (Å²) in [6.45, 7) is 0. The maximum Gasteiger partial charge on any atom is 0.227 e. The smallest absolute Gasteiger partial charge is 0.227 e. The van der Waals surface area contributed by atoms with Gasteiger partial charge in [-0.2, -0.15) is 0 Å². The van der Waals surface area contributed by atoms with Crippen molar-refractivity contribution in [3.63, 3.8) is 0 Å². The first-order valence-corrected chi connectivity index (χ1v) is 10.2. The number of methoxy groups -OCH3 is 2. The summed E-state index contributed by atoms with van der Waals surface area (Å²) in [4.78, 5) is 25.3. The molecule has 0 spiro atoms. The Hall–Kier alpha value is -3.28. The van der Waals surface area contributed by atoms with Gasteiger partial charge in [0.25, 0.3) is 0 Å². The minimum Gasteiger partial charge on any atom is -0.493 e. The van der Waals surface area contributed by atoms with Crippen LogP contribution in [0, 0.1) is 5.92 Å². The average Bonchev–Trinajstić information content (AvgIpc) is 2.79. The lowest BCUT2D eigenvalue weighted by Gasteiger charge is -2.20. The molecule has 156 valence electrons. The summed E-state index contributed by atoms with van der Waals surface area (Å²) in [6, 6.07) is 12.0. The molecule has 1 fully saturated rings. The highest BCUT2D eigenvalue weighted by atomic mass is 16.5. The van der Waals surface area contributed by atoms with E-state index in [0.717, 1.165) is 25.7 Å². The average molecular weight is 407 g/mol. The van der Waals surface area contributed by atoms with Crippen LogP contribution in [0.2, 0.25) is 0 Å². The van der Waals surface area contributed by atoms with Crippen LogP contribution in [0.3, 0.4) is 0 Å². The van der Waals surface area contributed by atoms with E-state index in [1.54, 1.807) is 44.6 Å². The van der Waals surface area contributed by atoms with E-state index in [1.807, 2.05) is 6.07 Å². The molecule has 0 saturated heterocycles. The summed E-state index contributed by atoms with van der Waals surface area (Å²) in [6.07, 6.45) is 5.24. The molecule has 1 aliphatic carbocycles. The van der Waals surface area contributed by atoms with Gasteiger partial charge in [-0.05, 0) is 49.2 Å². The van der Waals surface area contributed by atoms with Crippen LogP contribution in [0.25, 0.3) is 22.3 Å². The maximum absolute atomic E-state index is 12.8. The van der Waals surface area contributed by atoms with E-state index in [9.17, 15) is 9.59 Å². The van der Waals surface area contributed by atoms with Gasteiger partial charge in [-0.25, -0.2) is 0 Å². The molecule has 1 heterocycles. The Labute approximate surface area is 174 Å². The Kier molecular flexibility index (Phi) is 5.74. The first-order valence-electron chi connectivity index (χ1n) is 10.2. The predicted molar refractivity (Wildman–Crippen MR) is 116 cm³/mol. The SMILES string of the molecule is COc1ccc(-c2cc(=O)c3cc(NC(=O)C4CCCCC4)ccc3o2)cc1OC. The van der Waals surface area contributed by atoms with Crippen molar-refractivity contribution in [3.05, 3.63) is 52.7 Å².